The van der Waals surface area contributed by atoms with Crippen molar-refractivity contribution in [2.24, 2.45) is 12.8 Å². The number of hydrogen-bond acceptors (Lipinski definition) is 5. The minimum absolute atomic E-state index is 0.325. The van der Waals surface area contributed by atoms with Crippen LogP contribution >= 0.6 is 11.6 Å². The van der Waals surface area contributed by atoms with Gasteiger partial charge in [0.15, 0.2) is 5.82 Å². The molecule has 0 spiro atoms. The summed E-state index contributed by atoms with van der Waals surface area (Å²) in [4.78, 5) is 5.67. The van der Waals surface area contributed by atoms with Crippen LogP contribution in [-0.2, 0) is 12.5 Å². The zero-order chi connectivity index (χ0) is 12.5. The Balaban J connectivity index is 2.51. The van der Waals surface area contributed by atoms with E-state index in [0.717, 1.165) is 5.69 Å². The zero-order valence-corrected chi connectivity index (χ0v) is 10.4. The van der Waals surface area contributed by atoms with Gasteiger partial charge in [-0.3, -0.25) is 0 Å². The number of nitrogens with two attached hydrogens (primary N) is 1. The fraction of sp³-hybridized carbons (Fsp3) is 0.400. The monoisotopic (exact) mass is 252 g/mol. The van der Waals surface area contributed by atoms with Crippen LogP contribution in [0, 0.1) is 0 Å². The van der Waals surface area contributed by atoms with Crippen LogP contribution in [0.5, 0.6) is 0 Å². The maximum atomic E-state index is 5.89. The van der Waals surface area contributed by atoms with Gasteiger partial charge in [0.2, 0.25) is 0 Å². The molecule has 7 heteroatoms. The average Bonchev–Trinajstić information content (AvgIpc) is 2.75. The molecule has 0 saturated heterocycles. The summed E-state index contributed by atoms with van der Waals surface area (Å²) in [6.07, 6.45) is 0. The summed E-state index contributed by atoms with van der Waals surface area (Å²) in [5.74, 6) is 0.539. The van der Waals surface area contributed by atoms with E-state index in [0.29, 0.717) is 17.5 Å². The predicted octanol–water partition coefficient (Wildman–Crippen LogP) is 0.523. The molecule has 0 amide bonds. The summed E-state index contributed by atoms with van der Waals surface area (Å²) >= 11 is 5.89. The topological polar surface area (TPSA) is 82.5 Å². The van der Waals surface area contributed by atoms with E-state index in [2.05, 4.69) is 20.4 Å². The van der Waals surface area contributed by atoms with E-state index in [-0.39, 0.29) is 0 Å². The lowest BCUT2D eigenvalue weighted by atomic mass is 9.85. The maximum Gasteiger partial charge on any atom is 0.187 e. The molecule has 6 nitrogen and oxygen atoms in total. The molecule has 0 aromatic carbocycles. The molecule has 0 aliphatic rings. The largest absolute Gasteiger partial charge is 0.329 e. The molecule has 90 valence electrons. The van der Waals surface area contributed by atoms with Gasteiger partial charge in [-0.25, -0.2) is 4.98 Å². The molecule has 2 N–H and O–H groups in total. The second-order valence-electron chi connectivity index (χ2n) is 3.98. The molecule has 2 aromatic rings. The van der Waals surface area contributed by atoms with Gasteiger partial charge in [0, 0.05) is 6.54 Å². The number of hydrogen-bond donors (Lipinski definition) is 1. The van der Waals surface area contributed by atoms with E-state index < -0.39 is 5.41 Å². The van der Waals surface area contributed by atoms with Crippen LogP contribution in [0.2, 0.25) is 5.15 Å². The molecule has 17 heavy (non-hydrogen) atoms. The average molecular weight is 253 g/mol. The highest BCUT2D eigenvalue weighted by Crippen LogP contribution is 2.27. The third-order valence-electron chi connectivity index (χ3n) is 2.69. The van der Waals surface area contributed by atoms with Gasteiger partial charge < -0.3 is 5.73 Å². The molecule has 2 heterocycles. The first kappa shape index (κ1) is 11.9. The molecule has 0 fully saturated rings. The Labute approximate surface area is 104 Å². The fourth-order valence-electron chi connectivity index (χ4n) is 1.53. The summed E-state index contributed by atoms with van der Waals surface area (Å²) < 4.78 is 0. The van der Waals surface area contributed by atoms with E-state index in [1.807, 2.05) is 19.1 Å². The minimum Gasteiger partial charge on any atom is -0.329 e. The lowest BCUT2D eigenvalue weighted by Crippen LogP contribution is -2.35. The molecule has 0 aliphatic heterocycles. The first-order valence-electron chi connectivity index (χ1n) is 5.14. The van der Waals surface area contributed by atoms with Crippen molar-refractivity contribution in [3.05, 3.63) is 34.9 Å². The van der Waals surface area contributed by atoms with E-state index in [1.165, 1.54) is 4.80 Å². The van der Waals surface area contributed by atoms with Crippen molar-refractivity contribution < 1.29 is 0 Å². The van der Waals surface area contributed by atoms with Crippen LogP contribution in [0.1, 0.15) is 18.4 Å². The summed E-state index contributed by atoms with van der Waals surface area (Å²) in [7, 11) is 1.71. The lowest BCUT2D eigenvalue weighted by molar-refractivity contribution is 0.522. The smallest absolute Gasteiger partial charge is 0.187 e. The van der Waals surface area contributed by atoms with E-state index in [1.54, 1.807) is 13.1 Å². The number of aryl methyl sites for hydroxylation is 1. The summed E-state index contributed by atoms with van der Waals surface area (Å²) in [5.41, 5.74) is 5.98. The van der Waals surface area contributed by atoms with Crippen LogP contribution in [0.3, 0.4) is 0 Å². The Hall–Kier alpha value is -1.53. The second kappa shape index (κ2) is 4.38. The number of pyridine rings is 1. The van der Waals surface area contributed by atoms with Crippen molar-refractivity contribution in [1.29, 1.82) is 0 Å². The van der Waals surface area contributed by atoms with Gasteiger partial charge in [-0.15, -0.1) is 10.2 Å². The molecule has 2 aromatic heterocycles. The quantitative estimate of drug-likeness (QED) is 0.806. The maximum absolute atomic E-state index is 5.89. The molecular weight excluding hydrogens is 240 g/mol. The molecular formula is C10H13ClN6. The van der Waals surface area contributed by atoms with Gasteiger partial charge in [0.25, 0.3) is 0 Å². The Bertz CT molecular complexity index is 525. The SMILES string of the molecule is Cn1nnc(C(C)(CN)c2cccc(Cl)n2)n1. The molecule has 0 aliphatic carbocycles. The van der Waals surface area contributed by atoms with Crippen LogP contribution in [-0.4, -0.2) is 31.7 Å². The Kier molecular flexibility index (Phi) is 3.08. The third kappa shape index (κ3) is 2.13. The fourth-order valence-corrected chi connectivity index (χ4v) is 1.69. The first-order valence-corrected chi connectivity index (χ1v) is 5.51. The highest BCUT2D eigenvalue weighted by atomic mass is 35.5. The Morgan fingerprint density at radius 1 is 1.47 bits per heavy atom. The van der Waals surface area contributed by atoms with Crippen LogP contribution in [0.25, 0.3) is 0 Å². The molecule has 0 bridgehead atoms. The second-order valence-corrected chi connectivity index (χ2v) is 4.37. The highest BCUT2D eigenvalue weighted by molar-refractivity contribution is 6.29. The minimum atomic E-state index is -0.584. The highest BCUT2D eigenvalue weighted by Gasteiger charge is 2.33. The van der Waals surface area contributed by atoms with E-state index in [4.69, 9.17) is 17.3 Å². The molecule has 1 atom stereocenters. The van der Waals surface area contributed by atoms with Crippen molar-refractivity contribution in [1.82, 2.24) is 25.2 Å². The van der Waals surface area contributed by atoms with Crippen LogP contribution in [0.15, 0.2) is 18.2 Å². The number of aromatic nitrogens is 5. The number of halogens is 1. The Morgan fingerprint density at radius 2 is 2.24 bits per heavy atom. The van der Waals surface area contributed by atoms with E-state index >= 15 is 0 Å². The van der Waals surface area contributed by atoms with Crippen molar-refractivity contribution in [2.75, 3.05) is 6.54 Å². The summed E-state index contributed by atoms with van der Waals surface area (Å²) in [5, 5.41) is 12.4. The van der Waals surface area contributed by atoms with Gasteiger partial charge in [0.1, 0.15) is 5.15 Å². The summed E-state index contributed by atoms with van der Waals surface area (Å²) in [6.45, 7) is 2.24. The summed E-state index contributed by atoms with van der Waals surface area (Å²) in [6, 6.07) is 5.40. The van der Waals surface area contributed by atoms with Crippen molar-refractivity contribution in [2.45, 2.75) is 12.3 Å². The van der Waals surface area contributed by atoms with Crippen molar-refractivity contribution >= 4 is 11.6 Å². The molecule has 0 saturated carbocycles. The number of rotatable bonds is 3. The van der Waals surface area contributed by atoms with Gasteiger partial charge in [0.05, 0.1) is 18.2 Å². The van der Waals surface area contributed by atoms with Crippen LogP contribution in [0.4, 0.5) is 0 Å². The molecule has 1 unspecified atom stereocenters. The molecule has 2 rings (SSSR count). The predicted molar refractivity (Wildman–Crippen MR) is 63.6 cm³/mol. The number of nitrogens with zero attached hydrogens (tertiary/aromatic N) is 5. The first-order chi connectivity index (χ1) is 8.06. The zero-order valence-electron chi connectivity index (χ0n) is 9.63. The van der Waals surface area contributed by atoms with Gasteiger partial charge in [-0.05, 0) is 24.3 Å². The van der Waals surface area contributed by atoms with Gasteiger partial charge >= 0.3 is 0 Å². The van der Waals surface area contributed by atoms with Crippen molar-refractivity contribution in [3.8, 4) is 0 Å². The van der Waals surface area contributed by atoms with E-state index in [9.17, 15) is 0 Å². The number of tetrazole rings is 1. The van der Waals surface area contributed by atoms with Gasteiger partial charge in [-0.1, -0.05) is 17.7 Å². The normalized spacial score (nSPS) is 14.6. The van der Waals surface area contributed by atoms with Crippen LogP contribution < -0.4 is 5.73 Å². The van der Waals surface area contributed by atoms with Gasteiger partial charge in [-0.2, -0.15) is 4.80 Å². The molecule has 0 radical (unpaired) electrons. The van der Waals surface area contributed by atoms with Crippen molar-refractivity contribution in [3.63, 3.8) is 0 Å². The lowest BCUT2D eigenvalue weighted by Gasteiger charge is -2.23. The Morgan fingerprint density at radius 3 is 2.76 bits per heavy atom. The third-order valence-corrected chi connectivity index (χ3v) is 2.90. The standard InChI is InChI=1S/C10H13ClN6/c1-10(6-12,9-14-16-17(2)15-9)7-4-3-5-8(11)13-7/h3-5H,6,12H2,1-2H3.